The number of hydrogen-bond acceptors (Lipinski definition) is 2. The molecule has 0 bridgehead atoms. The minimum atomic E-state index is -0.0632. The summed E-state index contributed by atoms with van der Waals surface area (Å²) in [6, 6.07) is 15.2. The van der Waals surface area contributed by atoms with E-state index in [-0.39, 0.29) is 5.91 Å². The number of hydrogen-bond donors (Lipinski definition) is 1. The summed E-state index contributed by atoms with van der Waals surface area (Å²) >= 11 is 0. The summed E-state index contributed by atoms with van der Waals surface area (Å²) in [5.41, 5.74) is 3.74. The summed E-state index contributed by atoms with van der Waals surface area (Å²) in [5, 5.41) is 2.91. The van der Waals surface area contributed by atoms with Crippen LogP contribution in [0.25, 0.3) is 11.0 Å². The third-order valence-corrected chi connectivity index (χ3v) is 3.28. The standard InChI is InChI=1S/C16H15N3O/c1-19-11-18-14-9-12(7-8-15(14)19)10-17-16(20)13-5-3-2-4-6-13/h2-9,11H,10H2,1H3,(H,17,20). The van der Waals surface area contributed by atoms with Gasteiger partial charge in [0.25, 0.3) is 5.91 Å². The highest BCUT2D eigenvalue weighted by atomic mass is 16.1. The van der Waals surface area contributed by atoms with Gasteiger partial charge in [-0.3, -0.25) is 4.79 Å². The molecule has 4 heteroatoms. The molecule has 0 aliphatic rings. The molecule has 1 N–H and O–H groups in total. The van der Waals surface area contributed by atoms with Crippen molar-refractivity contribution in [3.05, 3.63) is 66.0 Å². The molecule has 0 spiro atoms. The van der Waals surface area contributed by atoms with Gasteiger partial charge < -0.3 is 9.88 Å². The molecule has 0 aliphatic carbocycles. The number of aromatic nitrogens is 2. The number of nitrogens with zero attached hydrogens (tertiary/aromatic N) is 2. The molecule has 1 aromatic heterocycles. The third kappa shape index (κ3) is 2.40. The van der Waals surface area contributed by atoms with Gasteiger partial charge in [0.1, 0.15) is 0 Å². The largest absolute Gasteiger partial charge is 0.348 e. The zero-order valence-electron chi connectivity index (χ0n) is 11.2. The van der Waals surface area contributed by atoms with Crippen LogP contribution in [0, 0.1) is 0 Å². The fourth-order valence-electron chi connectivity index (χ4n) is 2.17. The lowest BCUT2D eigenvalue weighted by Crippen LogP contribution is -2.22. The summed E-state index contributed by atoms with van der Waals surface area (Å²) in [4.78, 5) is 16.3. The van der Waals surface area contributed by atoms with Crippen LogP contribution in [0.1, 0.15) is 15.9 Å². The van der Waals surface area contributed by atoms with Gasteiger partial charge in [0.2, 0.25) is 0 Å². The van der Waals surface area contributed by atoms with E-state index in [0.29, 0.717) is 12.1 Å². The number of carbonyl (C=O) groups is 1. The fraction of sp³-hybridized carbons (Fsp3) is 0.125. The highest BCUT2D eigenvalue weighted by Crippen LogP contribution is 2.13. The molecule has 0 radical (unpaired) electrons. The van der Waals surface area contributed by atoms with Gasteiger partial charge in [0.05, 0.1) is 17.4 Å². The van der Waals surface area contributed by atoms with Gasteiger partial charge in [-0.15, -0.1) is 0 Å². The van der Waals surface area contributed by atoms with Crippen molar-refractivity contribution in [1.29, 1.82) is 0 Å². The first-order chi connectivity index (χ1) is 9.74. The van der Waals surface area contributed by atoms with Crippen LogP contribution in [0.4, 0.5) is 0 Å². The smallest absolute Gasteiger partial charge is 0.251 e. The van der Waals surface area contributed by atoms with Crippen molar-refractivity contribution >= 4 is 16.9 Å². The molecule has 0 atom stereocenters. The number of nitrogens with one attached hydrogen (secondary N) is 1. The Morgan fingerprint density at radius 3 is 2.80 bits per heavy atom. The van der Waals surface area contributed by atoms with Crippen molar-refractivity contribution in [3.8, 4) is 0 Å². The summed E-state index contributed by atoms with van der Waals surface area (Å²) in [6.07, 6.45) is 1.79. The molecule has 1 amide bonds. The first-order valence-electron chi connectivity index (χ1n) is 6.47. The van der Waals surface area contributed by atoms with E-state index < -0.39 is 0 Å². The Kier molecular flexibility index (Phi) is 3.21. The lowest BCUT2D eigenvalue weighted by Gasteiger charge is -2.05. The summed E-state index contributed by atoms with van der Waals surface area (Å²) in [6.45, 7) is 0.500. The van der Waals surface area contributed by atoms with Crippen LogP contribution in [0.5, 0.6) is 0 Å². The van der Waals surface area contributed by atoms with Crippen molar-refractivity contribution in [1.82, 2.24) is 14.9 Å². The Morgan fingerprint density at radius 1 is 1.20 bits per heavy atom. The third-order valence-electron chi connectivity index (χ3n) is 3.28. The van der Waals surface area contributed by atoms with Crippen molar-refractivity contribution < 1.29 is 4.79 Å². The minimum Gasteiger partial charge on any atom is -0.348 e. The van der Waals surface area contributed by atoms with Gasteiger partial charge in [-0.1, -0.05) is 24.3 Å². The van der Waals surface area contributed by atoms with Gasteiger partial charge in [-0.2, -0.15) is 0 Å². The van der Waals surface area contributed by atoms with Gasteiger partial charge in [0, 0.05) is 19.2 Å². The summed E-state index contributed by atoms with van der Waals surface area (Å²) in [7, 11) is 1.96. The SMILES string of the molecule is Cn1cnc2cc(CNC(=O)c3ccccc3)ccc21. The van der Waals surface area contributed by atoms with Gasteiger partial charge >= 0.3 is 0 Å². The topological polar surface area (TPSA) is 46.9 Å². The van der Waals surface area contributed by atoms with E-state index >= 15 is 0 Å². The average Bonchev–Trinajstić information content (AvgIpc) is 2.87. The summed E-state index contributed by atoms with van der Waals surface area (Å²) in [5.74, 6) is -0.0632. The lowest BCUT2D eigenvalue weighted by atomic mass is 10.2. The average molecular weight is 265 g/mol. The molecule has 2 aromatic carbocycles. The minimum absolute atomic E-state index is 0.0632. The molecule has 20 heavy (non-hydrogen) atoms. The van der Waals surface area contributed by atoms with Gasteiger partial charge in [-0.25, -0.2) is 4.98 Å². The van der Waals surface area contributed by atoms with Crippen molar-refractivity contribution in [3.63, 3.8) is 0 Å². The molecule has 1 heterocycles. The Balaban J connectivity index is 1.72. The molecule has 0 saturated heterocycles. The van der Waals surface area contributed by atoms with Crippen LogP contribution in [0.15, 0.2) is 54.9 Å². The molecular weight excluding hydrogens is 250 g/mol. The number of amides is 1. The number of aryl methyl sites for hydroxylation is 1. The Labute approximate surface area is 117 Å². The van der Waals surface area contributed by atoms with Crippen molar-refractivity contribution in [2.75, 3.05) is 0 Å². The van der Waals surface area contributed by atoms with Crippen LogP contribution < -0.4 is 5.32 Å². The van der Waals surface area contributed by atoms with Gasteiger partial charge in [0.15, 0.2) is 0 Å². The predicted molar refractivity (Wildman–Crippen MR) is 78.3 cm³/mol. The first kappa shape index (κ1) is 12.4. The second-order valence-electron chi connectivity index (χ2n) is 4.73. The van der Waals surface area contributed by atoms with E-state index in [9.17, 15) is 4.79 Å². The molecule has 0 fully saturated rings. The van der Waals surface area contributed by atoms with E-state index in [2.05, 4.69) is 10.3 Å². The van der Waals surface area contributed by atoms with Crippen LogP contribution >= 0.6 is 0 Å². The molecule has 100 valence electrons. The number of imidazole rings is 1. The number of benzene rings is 2. The molecule has 0 aliphatic heterocycles. The van der Waals surface area contributed by atoms with E-state index in [4.69, 9.17) is 0 Å². The normalized spacial score (nSPS) is 10.7. The van der Waals surface area contributed by atoms with Gasteiger partial charge in [-0.05, 0) is 29.8 Å². The maximum atomic E-state index is 12.0. The monoisotopic (exact) mass is 265 g/mol. The van der Waals surface area contributed by atoms with Crippen molar-refractivity contribution in [2.45, 2.75) is 6.54 Å². The zero-order chi connectivity index (χ0) is 13.9. The molecule has 0 saturated carbocycles. The number of carbonyl (C=O) groups excluding carboxylic acids is 1. The van der Waals surface area contributed by atoms with E-state index in [1.165, 1.54) is 0 Å². The quantitative estimate of drug-likeness (QED) is 0.791. The maximum absolute atomic E-state index is 12.0. The second-order valence-corrected chi connectivity index (χ2v) is 4.73. The highest BCUT2D eigenvalue weighted by Gasteiger charge is 2.05. The first-order valence-corrected chi connectivity index (χ1v) is 6.47. The molecule has 4 nitrogen and oxygen atoms in total. The number of rotatable bonds is 3. The maximum Gasteiger partial charge on any atom is 0.251 e. The molecule has 3 rings (SSSR count). The summed E-state index contributed by atoms with van der Waals surface area (Å²) < 4.78 is 1.97. The van der Waals surface area contributed by atoms with E-state index in [1.807, 2.05) is 48.0 Å². The molecule has 3 aromatic rings. The Hall–Kier alpha value is -2.62. The zero-order valence-corrected chi connectivity index (χ0v) is 11.2. The predicted octanol–water partition coefficient (Wildman–Crippen LogP) is 2.50. The molecular formula is C16H15N3O. The fourth-order valence-corrected chi connectivity index (χ4v) is 2.17. The Bertz CT molecular complexity index is 747. The van der Waals surface area contributed by atoms with Crippen LogP contribution in [0.2, 0.25) is 0 Å². The lowest BCUT2D eigenvalue weighted by molar-refractivity contribution is 0.0951. The van der Waals surface area contributed by atoms with Crippen LogP contribution in [0.3, 0.4) is 0 Å². The Morgan fingerprint density at radius 2 is 2.00 bits per heavy atom. The van der Waals surface area contributed by atoms with Crippen molar-refractivity contribution in [2.24, 2.45) is 7.05 Å². The van der Waals surface area contributed by atoms with Crippen LogP contribution in [-0.2, 0) is 13.6 Å². The highest BCUT2D eigenvalue weighted by molar-refractivity contribution is 5.94. The second kappa shape index (κ2) is 5.17. The van der Waals surface area contributed by atoms with E-state index in [1.54, 1.807) is 18.5 Å². The van der Waals surface area contributed by atoms with E-state index in [0.717, 1.165) is 16.6 Å². The van der Waals surface area contributed by atoms with Crippen LogP contribution in [-0.4, -0.2) is 15.5 Å². The molecule has 0 unspecified atom stereocenters. The number of fused-ring (bicyclic) bond motifs is 1.